The zero-order valence-corrected chi connectivity index (χ0v) is 12.6. The number of carboxylic acids is 1. The third-order valence-corrected chi connectivity index (χ3v) is 3.11. The molecule has 1 aromatic carbocycles. The van der Waals surface area contributed by atoms with Gasteiger partial charge in [0, 0.05) is 12.1 Å². The topological polar surface area (TPSA) is 81.4 Å². The van der Waals surface area contributed by atoms with E-state index >= 15 is 0 Å². The van der Waals surface area contributed by atoms with Gasteiger partial charge in [-0.05, 0) is 31.5 Å². The number of hydrogen-bond donors (Lipinski definition) is 1. The summed E-state index contributed by atoms with van der Waals surface area (Å²) in [7, 11) is 0. The number of ether oxygens (including phenoxy) is 1. The van der Waals surface area contributed by atoms with Gasteiger partial charge < -0.3 is 9.84 Å². The molecular formula is C16H18N2O4. The number of hydrogen-bond acceptors (Lipinski definition) is 4. The van der Waals surface area contributed by atoms with Gasteiger partial charge in [-0.1, -0.05) is 19.1 Å². The fraction of sp³-hybridized carbons (Fsp3) is 0.312. The fourth-order valence-electron chi connectivity index (χ4n) is 2.02. The Morgan fingerprint density at radius 1 is 1.32 bits per heavy atom. The normalized spacial score (nSPS) is 10.5. The molecule has 2 rings (SSSR count). The van der Waals surface area contributed by atoms with Gasteiger partial charge in [-0.2, -0.15) is 5.10 Å². The molecule has 0 fully saturated rings. The van der Waals surface area contributed by atoms with E-state index in [-0.39, 0.29) is 5.56 Å². The van der Waals surface area contributed by atoms with Crippen LogP contribution in [-0.2, 0) is 6.54 Å². The van der Waals surface area contributed by atoms with Crippen LogP contribution in [0, 0.1) is 0 Å². The molecule has 1 heterocycles. The van der Waals surface area contributed by atoms with Crippen LogP contribution in [0.2, 0.25) is 0 Å². The van der Waals surface area contributed by atoms with Crippen LogP contribution < -0.4 is 10.3 Å². The van der Waals surface area contributed by atoms with E-state index in [1.807, 2.05) is 19.1 Å². The molecule has 1 aromatic heterocycles. The second-order valence-corrected chi connectivity index (χ2v) is 4.75. The van der Waals surface area contributed by atoms with Crippen molar-refractivity contribution in [2.24, 2.45) is 0 Å². The van der Waals surface area contributed by atoms with Gasteiger partial charge in [0.15, 0.2) is 0 Å². The van der Waals surface area contributed by atoms with E-state index in [1.54, 1.807) is 19.1 Å². The molecule has 2 aromatic rings. The van der Waals surface area contributed by atoms with Crippen molar-refractivity contribution in [2.45, 2.75) is 26.8 Å². The van der Waals surface area contributed by atoms with Gasteiger partial charge >= 0.3 is 5.97 Å². The van der Waals surface area contributed by atoms with E-state index in [0.29, 0.717) is 30.2 Å². The first-order chi connectivity index (χ1) is 10.6. The number of carboxylic acid groups (broad SMARTS) is 1. The summed E-state index contributed by atoms with van der Waals surface area (Å²) in [5, 5.41) is 13.4. The second kappa shape index (κ2) is 6.89. The van der Waals surface area contributed by atoms with E-state index < -0.39 is 11.5 Å². The van der Waals surface area contributed by atoms with Gasteiger partial charge in [0.25, 0.3) is 5.56 Å². The predicted molar refractivity (Wildman–Crippen MR) is 82.4 cm³/mol. The smallest absolute Gasteiger partial charge is 0.341 e. The van der Waals surface area contributed by atoms with Crippen LogP contribution in [0.4, 0.5) is 0 Å². The Hall–Kier alpha value is -2.63. The van der Waals surface area contributed by atoms with Crippen LogP contribution in [0.25, 0.3) is 11.3 Å². The van der Waals surface area contributed by atoms with Gasteiger partial charge in [0.05, 0.1) is 12.3 Å². The first kappa shape index (κ1) is 15.8. The number of aromatic nitrogens is 2. The summed E-state index contributed by atoms with van der Waals surface area (Å²) >= 11 is 0. The standard InChI is InChI=1S/C16H18N2O4/c1-3-8-22-12-7-5-6-11(9-12)14-10-13(16(20)21)15(19)18(4-2)17-14/h5-7,9-10H,3-4,8H2,1-2H3,(H,20,21). The number of carbonyl (C=O) groups is 1. The molecule has 0 unspecified atom stereocenters. The van der Waals surface area contributed by atoms with E-state index in [0.717, 1.165) is 11.1 Å². The third-order valence-electron chi connectivity index (χ3n) is 3.11. The molecule has 1 N–H and O–H groups in total. The van der Waals surface area contributed by atoms with E-state index in [1.165, 1.54) is 6.07 Å². The van der Waals surface area contributed by atoms with Crippen molar-refractivity contribution in [2.75, 3.05) is 6.61 Å². The highest BCUT2D eigenvalue weighted by molar-refractivity contribution is 5.88. The highest BCUT2D eigenvalue weighted by Gasteiger charge is 2.15. The Morgan fingerprint density at radius 3 is 2.73 bits per heavy atom. The van der Waals surface area contributed by atoms with Gasteiger partial charge in [-0.3, -0.25) is 4.79 Å². The summed E-state index contributed by atoms with van der Waals surface area (Å²) in [5.41, 5.74) is 0.253. The predicted octanol–water partition coefficient (Wildman–Crippen LogP) is 2.42. The van der Waals surface area contributed by atoms with Gasteiger partial charge in [-0.25, -0.2) is 9.48 Å². The molecule has 0 aliphatic carbocycles. The number of benzene rings is 1. The Bertz CT molecular complexity index is 737. The maximum Gasteiger partial charge on any atom is 0.341 e. The average molecular weight is 302 g/mol. The summed E-state index contributed by atoms with van der Waals surface area (Å²) in [5.74, 6) is -0.568. The van der Waals surface area contributed by atoms with Crippen molar-refractivity contribution in [3.8, 4) is 17.0 Å². The lowest BCUT2D eigenvalue weighted by Gasteiger charge is -2.09. The Morgan fingerprint density at radius 2 is 2.09 bits per heavy atom. The van der Waals surface area contributed by atoms with Crippen LogP contribution in [0.1, 0.15) is 30.6 Å². The summed E-state index contributed by atoms with van der Waals surface area (Å²) < 4.78 is 6.71. The van der Waals surface area contributed by atoms with Crippen LogP contribution in [0.3, 0.4) is 0 Å². The molecule has 22 heavy (non-hydrogen) atoms. The maximum absolute atomic E-state index is 11.9. The second-order valence-electron chi connectivity index (χ2n) is 4.75. The number of nitrogens with zero attached hydrogens (tertiary/aromatic N) is 2. The minimum Gasteiger partial charge on any atom is -0.494 e. The summed E-state index contributed by atoms with van der Waals surface area (Å²) in [6.45, 7) is 4.66. The lowest BCUT2D eigenvalue weighted by atomic mass is 10.1. The average Bonchev–Trinajstić information content (AvgIpc) is 2.53. The van der Waals surface area contributed by atoms with Crippen LogP contribution in [0.5, 0.6) is 5.75 Å². The van der Waals surface area contributed by atoms with E-state index in [4.69, 9.17) is 9.84 Å². The molecule has 0 aliphatic rings. The highest BCUT2D eigenvalue weighted by Crippen LogP contribution is 2.22. The quantitative estimate of drug-likeness (QED) is 0.886. The van der Waals surface area contributed by atoms with Crippen molar-refractivity contribution in [3.63, 3.8) is 0 Å². The Balaban J connectivity index is 2.50. The molecule has 0 radical (unpaired) electrons. The third kappa shape index (κ3) is 3.33. The molecule has 0 bridgehead atoms. The highest BCUT2D eigenvalue weighted by atomic mass is 16.5. The van der Waals surface area contributed by atoms with Crippen molar-refractivity contribution in [1.29, 1.82) is 0 Å². The number of aromatic carboxylic acids is 1. The minimum atomic E-state index is -1.26. The summed E-state index contributed by atoms with van der Waals surface area (Å²) in [6, 6.07) is 8.53. The molecule has 6 nitrogen and oxygen atoms in total. The first-order valence-corrected chi connectivity index (χ1v) is 7.15. The summed E-state index contributed by atoms with van der Waals surface area (Å²) in [6.07, 6.45) is 0.895. The maximum atomic E-state index is 11.9. The minimum absolute atomic E-state index is 0.285. The van der Waals surface area contributed by atoms with Crippen molar-refractivity contribution >= 4 is 5.97 Å². The molecule has 6 heteroatoms. The zero-order valence-electron chi connectivity index (χ0n) is 12.6. The SMILES string of the molecule is CCCOc1cccc(-c2cc(C(=O)O)c(=O)n(CC)n2)c1. The number of rotatable bonds is 6. The molecule has 0 saturated carbocycles. The van der Waals surface area contributed by atoms with Crippen LogP contribution in [0.15, 0.2) is 35.1 Å². The lowest BCUT2D eigenvalue weighted by molar-refractivity contribution is 0.0693. The Labute approximate surface area is 128 Å². The van der Waals surface area contributed by atoms with Crippen molar-refractivity contribution in [1.82, 2.24) is 9.78 Å². The Kier molecular flexibility index (Phi) is 4.93. The lowest BCUT2D eigenvalue weighted by Crippen LogP contribution is -2.28. The van der Waals surface area contributed by atoms with Gasteiger partial charge in [-0.15, -0.1) is 0 Å². The summed E-state index contributed by atoms with van der Waals surface area (Å²) in [4.78, 5) is 23.1. The first-order valence-electron chi connectivity index (χ1n) is 7.15. The van der Waals surface area contributed by atoms with Crippen LogP contribution in [-0.4, -0.2) is 27.5 Å². The largest absolute Gasteiger partial charge is 0.494 e. The van der Waals surface area contributed by atoms with E-state index in [2.05, 4.69) is 5.10 Å². The molecule has 0 spiro atoms. The van der Waals surface area contributed by atoms with Crippen LogP contribution >= 0.6 is 0 Å². The number of aryl methyl sites for hydroxylation is 1. The fourth-order valence-corrected chi connectivity index (χ4v) is 2.02. The molecule has 0 amide bonds. The van der Waals surface area contributed by atoms with Crippen molar-refractivity contribution in [3.05, 3.63) is 46.2 Å². The van der Waals surface area contributed by atoms with E-state index in [9.17, 15) is 9.59 Å². The van der Waals surface area contributed by atoms with Gasteiger partial charge in [0.1, 0.15) is 11.3 Å². The monoisotopic (exact) mass is 302 g/mol. The molecule has 116 valence electrons. The molecule has 0 atom stereocenters. The molecule has 0 aliphatic heterocycles. The zero-order chi connectivity index (χ0) is 16.1. The van der Waals surface area contributed by atoms with Gasteiger partial charge in [0.2, 0.25) is 0 Å². The molecule has 0 saturated heterocycles. The van der Waals surface area contributed by atoms with Crippen molar-refractivity contribution < 1.29 is 14.6 Å². The molecular weight excluding hydrogens is 284 g/mol.